The van der Waals surface area contributed by atoms with E-state index in [1.54, 1.807) is 4.57 Å². The molecule has 0 aliphatic heterocycles. The number of aromatic amines is 1. The lowest BCUT2D eigenvalue weighted by atomic mass is 10.3. The van der Waals surface area contributed by atoms with Gasteiger partial charge in [0, 0.05) is 6.54 Å². The van der Waals surface area contributed by atoms with E-state index in [1.165, 1.54) is 20.2 Å². The number of carbonyl (C=O) groups excluding carboxylic acids is 2. The summed E-state index contributed by atoms with van der Waals surface area (Å²) in [5, 5.41) is 5.51. The molecule has 0 fully saturated rings. The summed E-state index contributed by atoms with van der Waals surface area (Å²) >= 11 is 0. The number of rotatable bonds is 17. The van der Waals surface area contributed by atoms with Crippen molar-refractivity contribution >= 4 is 36.5 Å². The highest BCUT2D eigenvalue weighted by Gasteiger charge is 2.32. The molecule has 0 aromatic carbocycles. The molecule has 0 saturated carbocycles. The van der Waals surface area contributed by atoms with E-state index < -0.39 is 37.0 Å². The molecule has 0 saturated heterocycles. The molecule has 2 atom stereocenters. The van der Waals surface area contributed by atoms with Gasteiger partial charge in [-0.05, 0) is 26.7 Å². The van der Waals surface area contributed by atoms with Gasteiger partial charge in [0.1, 0.15) is 18.4 Å². The number of hydrogen-bond acceptors (Lipinski definition) is 10. The molecule has 15 heteroatoms. The van der Waals surface area contributed by atoms with Crippen molar-refractivity contribution in [1.29, 1.82) is 0 Å². The summed E-state index contributed by atoms with van der Waals surface area (Å²) in [6.07, 6.45) is 4.25. The number of H-pyrrole nitrogens is 1. The minimum Gasteiger partial charge on any atom is -0.465 e. The fourth-order valence-corrected chi connectivity index (χ4v) is 5.29. The maximum Gasteiger partial charge on any atom is 0.323 e. The number of ether oxygens (including phenoxy) is 3. The predicted octanol–water partition coefficient (Wildman–Crippen LogP) is 1.51. The summed E-state index contributed by atoms with van der Waals surface area (Å²) < 4.78 is 31.4. The van der Waals surface area contributed by atoms with Gasteiger partial charge in [0.15, 0.2) is 11.2 Å². The second-order valence-corrected chi connectivity index (χ2v) is 10.8. The Bertz CT molecular complexity index is 1100. The molecule has 2 aromatic rings. The van der Waals surface area contributed by atoms with Crippen molar-refractivity contribution < 1.29 is 28.4 Å². The monoisotopic (exact) mass is 543 g/mol. The SMILES string of the molecule is CCCCOC(=O)[C@H](C)NP(=O)(COCCn1cnc2c(=O)[nH]c(N)nc21)N[C@@H](C)C(=O)OCCCC. The van der Waals surface area contributed by atoms with Crippen molar-refractivity contribution in [3.8, 4) is 0 Å². The van der Waals surface area contributed by atoms with Crippen molar-refractivity contribution in [2.45, 2.75) is 72.0 Å². The predicted molar refractivity (Wildman–Crippen MR) is 138 cm³/mol. The van der Waals surface area contributed by atoms with Gasteiger partial charge in [-0.15, -0.1) is 0 Å². The van der Waals surface area contributed by atoms with Gasteiger partial charge in [0.25, 0.3) is 5.56 Å². The van der Waals surface area contributed by atoms with E-state index in [2.05, 4.69) is 25.1 Å². The van der Waals surface area contributed by atoms with E-state index >= 15 is 0 Å². The fourth-order valence-electron chi connectivity index (χ4n) is 3.22. The quantitative estimate of drug-likeness (QED) is 0.128. The van der Waals surface area contributed by atoms with E-state index in [-0.39, 0.29) is 49.8 Å². The second-order valence-electron chi connectivity index (χ2n) is 8.58. The van der Waals surface area contributed by atoms with Crippen LogP contribution < -0.4 is 21.5 Å². The molecule has 0 amide bonds. The molecule has 2 aromatic heterocycles. The second kappa shape index (κ2) is 14.8. The van der Waals surface area contributed by atoms with Gasteiger partial charge in [-0.3, -0.25) is 23.9 Å². The van der Waals surface area contributed by atoms with Crippen molar-refractivity contribution in [1.82, 2.24) is 29.7 Å². The van der Waals surface area contributed by atoms with E-state index in [4.69, 9.17) is 19.9 Å². The summed E-state index contributed by atoms with van der Waals surface area (Å²) in [4.78, 5) is 47.1. The Hall–Kier alpha value is -2.80. The van der Waals surface area contributed by atoms with Crippen LogP contribution >= 0.6 is 7.44 Å². The van der Waals surface area contributed by atoms with Crippen molar-refractivity contribution in [3.63, 3.8) is 0 Å². The number of unbranched alkanes of at least 4 members (excludes halogenated alkanes) is 2. The lowest BCUT2D eigenvalue weighted by molar-refractivity contribution is -0.145. The van der Waals surface area contributed by atoms with Crippen LogP contribution in [-0.2, 0) is 34.9 Å². The zero-order valence-corrected chi connectivity index (χ0v) is 22.7. The Morgan fingerprint density at radius 1 is 1.08 bits per heavy atom. The number of nitrogen functional groups attached to an aromatic ring is 1. The van der Waals surface area contributed by atoms with Crippen LogP contribution in [0.5, 0.6) is 0 Å². The Kier molecular flexibility index (Phi) is 12.2. The summed E-state index contributed by atoms with van der Waals surface area (Å²) in [5.41, 5.74) is 5.58. The van der Waals surface area contributed by atoms with Gasteiger partial charge in [0.05, 0.1) is 26.1 Å². The molecular formula is C22H38N7O7P. The van der Waals surface area contributed by atoms with E-state index in [0.717, 1.165) is 12.8 Å². The average Bonchev–Trinajstić information content (AvgIpc) is 3.24. The van der Waals surface area contributed by atoms with Crippen LogP contribution in [0.4, 0.5) is 5.95 Å². The van der Waals surface area contributed by atoms with Gasteiger partial charge in [-0.2, -0.15) is 4.98 Å². The molecule has 2 rings (SSSR count). The molecule has 0 unspecified atom stereocenters. The van der Waals surface area contributed by atoms with Crippen LogP contribution in [0.3, 0.4) is 0 Å². The third-order valence-corrected chi connectivity index (χ3v) is 7.39. The minimum atomic E-state index is -3.63. The standard InChI is InChI=1S/C22H38N7O7P/c1-5-7-10-35-20(31)15(3)27-37(33,28-16(4)21(32)36-11-8-6-2)14-34-12-9-29-13-24-17-18(29)25-22(23)26-19(17)30/h13,15-16H,5-12,14H2,1-4H3,(H2,27,28,33)(H3,23,25,26,30)/t15-,16-/m0/s1. The fraction of sp³-hybridized carbons (Fsp3) is 0.682. The normalized spacial score (nSPS) is 13.4. The highest BCUT2D eigenvalue weighted by Crippen LogP contribution is 2.37. The van der Waals surface area contributed by atoms with Gasteiger partial charge in [-0.25, -0.2) is 15.2 Å². The molecule has 208 valence electrons. The number of fused-ring (bicyclic) bond motifs is 1. The van der Waals surface area contributed by atoms with Crippen LogP contribution in [-0.4, -0.2) is 69.7 Å². The molecule has 0 radical (unpaired) electrons. The molecule has 2 heterocycles. The minimum absolute atomic E-state index is 0.0438. The number of nitrogens with one attached hydrogen (secondary N) is 3. The lowest BCUT2D eigenvalue weighted by Crippen LogP contribution is -2.43. The summed E-state index contributed by atoms with van der Waals surface area (Å²) in [5.74, 6) is -1.17. The first-order chi connectivity index (χ1) is 17.6. The maximum atomic E-state index is 13.7. The average molecular weight is 544 g/mol. The molecule has 5 N–H and O–H groups in total. The Labute approximate surface area is 215 Å². The number of anilines is 1. The molecule has 0 aliphatic rings. The van der Waals surface area contributed by atoms with Crippen molar-refractivity contribution in [2.24, 2.45) is 0 Å². The third-order valence-electron chi connectivity index (χ3n) is 5.24. The number of aromatic nitrogens is 4. The topological polar surface area (TPSA) is 193 Å². The Morgan fingerprint density at radius 3 is 2.19 bits per heavy atom. The number of nitrogens with two attached hydrogens (primary N) is 1. The molecule has 37 heavy (non-hydrogen) atoms. The smallest absolute Gasteiger partial charge is 0.323 e. The molecule has 14 nitrogen and oxygen atoms in total. The Balaban J connectivity index is 2.04. The van der Waals surface area contributed by atoms with Crippen LogP contribution in [0.1, 0.15) is 53.4 Å². The van der Waals surface area contributed by atoms with Crippen LogP contribution in [0, 0.1) is 0 Å². The number of esters is 2. The first-order valence-electron chi connectivity index (χ1n) is 12.4. The van der Waals surface area contributed by atoms with Crippen LogP contribution in [0.15, 0.2) is 11.1 Å². The summed E-state index contributed by atoms with van der Waals surface area (Å²) in [6.45, 7) is 7.82. The van der Waals surface area contributed by atoms with Gasteiger partial charge >= 0.3 is 11.9 Å². The number of imidazole rings is 1. The highest BCUT2D eigenvalue weighted by atomic mass is 31.2. The zero-order valence-electron chi connectivity index (χ0n) is 21.8. The number of nitrogens with zero attached hydrogens (tertiary/aromatic N) is 3. The number of carbonyl (C=O) groups is 2. The summed E-state index contributed by atoms with van der Waals surface area (Å²) in [7, 11) is -3.63. The molecular weight excluding hydrogens is 505 g/mol. The van der Waals surface area contributed by atoms with Gasteiger partial charge < -0.3 is 24.5 Å². The lowest BCUT2D eigenvalue weighted by Gasteiger charge is -2.26. The molecule has 0 bridgehead atoms. The van der Waals surface area contributed by atoms with Crippen LogP contribution in [0.25, 0.3) is 11.2 Å². The van der Waals surface area contributed by atoms with Crippen LogP contribution in [0.2, 0.25) is 0 Å². The third kappa shape index (κ3) is 9.54. The highest BCUT2D eigenvalue weighted by molar-refractivity contribution is 7.59. The maximum absolute atomic E-state index is 13.7. The summed E-state index contributed by atoms with van der Waals surface area (Å²) in [6, 6.07) is -1.84. The molecule has 0 spiro atoms. The van der Waals surface area contributed by atoms with Crippen molar-refractivity contribution in [2.75, 3.05) is 31.9 Å². The van der Waals surface area contributed by atoms with Gasteiger partial charge in [0.2, 0.25) is 13.4 Å². The zero-order chi connectivity index (χ0) is 27.4. The largest absolute Gasteiger partial charge is 0.465 e. The van der Waals surface area contributed by atoms with E-state index in [1.807, 2.05) is 13.8 Å². The van der Waals surface area contributed by atoms with E-state index in [9.17, 15) is 18.9 Å². The van der Waals surface area contributed by atoms with Crippen molar-refractivity contribution in [3.05, 3.63) is 16.7 Å². The molecule has 0 aliphatic carbocycles. The first kappa shape index (κ1) is 30.4. The number of hydrogen-bond donors (Lipinski definition) is 4. The van der Waals surface area contributed by atoms with Gasteiger partial charge in [-0.1, -0.05) is 26.7 Å². The van der Waals surface area contributed by atoms with E-state index in [0.29, 0.717) is 12.8 Å². The Morgan fingerprint density at radius 2 is 1.65 bits per heavy atom. The first-order valence-corrected chi connectivity index (χ1v) is 14.3.